The van der Waals surface area contributed by atoms with Crippen LogP contribution in [-0.4, -0.2) is 24.3 Å². The first-order valence-electron chi connectivity index (χ1n) is 8.29. The Balaban J connectivity index is 1.72. The van der Waals surface area contributed by atoms with E-state index in [-0.39, 0.29) is 6.10 Å². The van der Waals surface area contributed by atoms with Gasteiger partial charge in [-0.15, -0.1) is 0 Å². The molecule has 0 aliphatic heterocycles. The Bertz CT molecular complexity index is 794. The normalized spacial score (nSPS) is 11.5. The fourth-order valence-corrected chi connectivity index (χ4v) is 2.73. The maximum Gasteiger partial charge on any atom is 0.0719 e. The average molecular weight is 324 g/mol. The SMILES string of the molecule is CC(C)OCCOCc1cc(N)c2[nH]c(-c3ccccc3)cc2c1. The van der Waals surface area contributed by atoms with E-state index in [0.717, 1.165) is 33.4 Å². The van der Waals surface area contributed by atoms with Gasteiger partial charge in [0.15, 0.2) is 0 Å². The Morgan fingerprint density at radius 1 is 1.04 bits per heavy atom. The predicted octanol–water partition coefficient (Wildman–Crippen LogP) is 4.36. The number of nitrogens with two attached hydrogens (primary N) is 1. The lowest BCUT2D eigenvalue weighted by Crippen LogP contribution is -2.09. The summed E-state index contributed by atoms with van der Waals surface area (Å²) < 4.78 is 11.1. The van der Waals surface area contributed by atoms with Crippen LogP contribution >= 0.6 is 0 Å². The summed E-state index contributed by atoms with van der Waals surface area (Å²) in [6, 6.07) is 16.5. The molecule has 2 aromatic carbocycles. The van der Waals surface area contributed by atoms with Crippen LogP contribution in [0.25, 0.3) is 22.2 Å². The predicted molar refractivity (Wildman–Crippen MR) is 98.9 cm³/mol. The Morgan fingerprint density at radius 2 is 1.83 bits per heavy atom. The first-order chi connectivity index (χ1) is 11.6. The third-order valence-electron chi connectivity index (χ3n) is 3.85. The fourth-order valence-electron chi connectivity index (χ4n) is 2.73. The number of H-pyrrole nitrogens is 1. The molecule has 0 bridgehead atoms. The number of hydrogen-bond donors (Lipinski definition) is 2. The molecule has 4 nitrogen and oxygen atoms in total. The Morgan fingerprint density at radius 3 is 2.58 bits per heavy atom. The zero-order valence-electron chi connectivity index (χ0n) is 14.2. The van der Waals surface area contributed by atoms with Gasteiger partial charge >= 0.3 is 0 Å². The average Bonchev–Trinajstić information content (AvgIpc) is 3.00. The molecule has 0 aliphatic carbocycles. The topological polar surface area (TPSA) is 60.3 Å². The second kappa shape index (κ2) is 7.51. The van der Waals surface area contributed by atoms with E-state index in [0.29, 0.717) is 19.8 Å². The summed E-state index contributed by atoms with van der Waals surface area (Å²) >= 11 is 0. The minimum atomic E-state index is 0.233. The van der Waals surface area contributed by atoms with Gasteiger partial charge in [0.05, 0.1) is 37.1 Å². The van der Waals surface area contributed by atoms with Crippen LogP contribution in [0.5, 0.6) is 0 Å². The van der Waals surface area contributed by atoms with Crippen molar-refractivity contribution in [3.05, 3.63) is 54.1 Å². The molecule has 0 aliphatic rings. The smallest absolute Gasteiger partial charge is 0.0719 e. The van der Waals surface area contributed by atoms with E-state index in [4.69, 9.17) is 15.2 Å². The summed E-state index contributed by atoms with van der Waals surface area (Å²) in [6.45, 7) is 5.76. The number of nitrogens with one attached hydrogen (secondary N) is 1. The van der Waals surface area contributed by atoms with E-state index < -0.39 is 0 Å². The van der Waals surface area contributed by atoms with Crippen molar-refractivity contribution in [3.63, 3.8) is 0 Å². The van der Waals surface area contributed by atoms with Crippen LogP contribution in [0.1, 0.15) is 19.4 Å². The number of fused-ring (bicyclic) bond motifs is 1. The highest BCUT2D eigenvalue weighted by Gasteiger charge is 2.08. The molecular weight excluding hydrogens is 300 g/mol. The van der Waals surface area contributed by atoms with Crippen molar-refractivity contribution in [3.8, 4) is 11.3 Å². The van der Waals surface area contributed by atoms with Gasteiger partial charge in [0, 0.05) is 11.1 Å². The highest BCUT2D eigenvalue weighted by molar-refractivity contribution is 5.94. The number of benzene rings is 2. The van der Waals surface area contributed by atoms with Crippen molar-refractivity contribution in [1.82, 2.24) is 4.98 Å². The number of nitrogen functional groups attached to an aromatic ring is 1. The number of aromatic amines is 1. The molecule has 0 fully saturated rings. The minimum absolute atomic E-state index is 0.233. The largest absolute Gasteiger partial charge is 0.397 e. The molecule has 4 heteroatoms. The zero-order chi connectivity index (χ0) is 16.9. The fraction of sp³-hybridized carbons (Fsp3) is 0.300. The van der Waals surface area contributed by atoms with E-state index in [9.17, 15) is 0 Å². The molecule has 0 unspecified atom stereocenters. The van der Waals surface area contributed by atoms with Gasteiger partial charge in [-0.05, 0) is 43.2 Å². The second-order valence-electron chi connectivity index (χ2n) is 6.17. The van der Waals surface area contributed by atoms with Crippen LogP contribution < -0.4 is 5.73 Å². The van der Waals surface area contributed by atoms with Crippen molar-refractivity contribution in [2.45, 2.75) is 26.6 Å². The van der Waals surface area contributed by atoms with Gasteiger partial charge in [-0.3, -0.25) is 0 Å². The minimum Gasteiger partial charge on any atom is -0.397 e. The molecule has 0 saturated carbocycles. The van der Waals surface area contributed by atoms with Crippen molar-refractivity contribution in [1.29, 1.82) is 0 Å². The molecule has 0 atom stereocenters. The van der Waals surface area contributed by atoms with Gasteiger partial charge in [-0.25, -0.2) is 0 Å². The molecule has 0 radical (unpaired) electrons. The summed E-state index contributed by atoms with van der Waals surface area (Å²) in [6.07, 6.45) is 0.233. The summed E-state index contributed by atoms with van der Waals surface area (Å²) in [7, 11) is 0. The van der Waals surface area contributed by atoms with E-state index in [1.54, 1.807) is 0 Å². The summed E-state index contributed by atoms with van der Waals surface area (Å²) in [5.41, 5.74) is 11.2. The van der Waals surface area contributed by atoms with E-state index in [1.165, 1.54) is 0 Å². The molecule has 3 rings (SSSR count). The quantitative estimate of drug-likeness (QED) is 0.501. The molecule has 0 spiro atoms. The van der Waals surface area contributed by atoms with Crippen molar-refractivity contribution >= 4 is 16.6 Å². The standard InChI is InChI=1S/C20H24N2O2/c1-14(2)24-9-8-23-13-15-10-17-12-19(16-6-4-3-5-7-16)22-20(17)18(21)11-15/h3-7,10-12,14,22H,8-9,13,21H2,1-2H3. The molecule has 3 N–H and O–H groups in total. The van der Waals surface area contributed by atoms with Gasteiger partial charge in [-0.2, -0.15) is 0 Å². The van der Waals surface area contributed by atoms with Gasteiger partial charge in [0.1, 0.15) is 0 Å². The van der Waals surface area contributed by atoms with Gasteiger partial charge < -0.3 is 20.2 Å². The van der Waals surface area contributed by atoms with Crippen molar-refractivity contribution < 1.29 is 9.47 Å². The van der Waals surface area contributed by atoms with Crippen LogP contribution in [0.15, 0.2) is 48.5 Å². The van der Waals surface area contributed by atoms with Crippen LogP contribution in [0.2, 0.25) is 0 Å². The molecule has 1 aromatic heterocycles. The first kappa shape index (κ1) is 16.6. The van der Waals surface area contributed by atoms with Crippen LogP contribution in [0.3, 0.4) is 0 Å². The highest BCUT2D eigenvalue weighted by atomic mass is 16.5. The number of rotatable bonds is 7. The Hall–Kier alpha value is -2.30. The summed E-state index contributed by atoms with van der Waals surface area (Å²) in [4.78, 5) is 3.41. The molecule has 126 valence electrons. The van der Waals surface area contributed by atoms with E-state index in [1.807, 2.05) is 38.1 Å². The molecular formula is C20H24N2O2. The number of anilines is 1. The van der Waals surface area contributed by atoms with E-state index in [2.05, 4.69) is 29.2 Å². The third kappa shape index (κ3) is 3.96. The third-order valence-corrected chi connectivity index (χ3v) is 3.85. The molecule has 1 heterocycles. The molecule has 0 amide bonds. The lowest BCUT2D eigenvalue weighted by atomic mass is 10.1. The van der Waals surface area contributed by atoms with Gasteiger partial charge in [0.25, 0.3) is 0 Å². The highest BCUT2D eigenvalue weighted by Crippen LogP contribution is 2.28. The molecule has 24 heavy (non-hydrogen) atoms. The molecule has 0 saturated heterocycles. The number of aromatic nitrogens is 1. The lowest BCUT2D eigenvalue weighted by Gasteiger charge is -2.09. The summed E-state index contributed by atoms with van der Waals surface area (Å²) in [5, 5.41) is 1.10. The van der Waals surface area contributed by atoms with Crippen molar-refractivity contribution in [2.75, 3.05) is 18.9 Å². The lowest BCUT2D eigenvalue weighted by molar-refractivity contribution is 0.0143. The zero-order valence-corrected chi connectivity index (χ0v) is 14.2. The van der Waals surface area contributed by atoms with Crippen LogP contribution in [-0.2, 0) is 16.1 Å². The van der Waals surface area contributed by atoms with Gasteiger partial charge in [0.2, 0.25) is 0 Å². The summed E-state index contributed by atoms with van der Waals surface area (Å²) in [5.74, 6) is 0. The van der Waals surface area contributed by atoms with Gasteiger partial charge in [-0.1, -0.05) is 30.3 Å². The second-order valence-corrected chi connectivity index (χ2v) is 6.17. The number of ether oxygens (including phenoxy) is 2. The number of hydrogen-bond acceptors (Lipinski definition) is 3. The van der Waals surface area contributed by atoms with E-state index >= 15 is 0 Å². The van der Waals surface area contributed by atoms with Crippen LogP contribution in [0, 0.1) is 0 Å². The maximum absolute atomic E-state index is 6.21. The first-order valence-corrected chi connectivity index (χ1v) is 8.29. The van der Waals surface area contributed by atoms with Crippen molar-refractivity contribution in [2.24, 2.45) is 0 Å². The Kier molecular flexibility index (Phi) is 5.18. The molecule has 3 aromatic rings. The van der Waals surface area contributed by atoms with Crippen LogP contribution in [0.4, 0.5) is 5.69 Å². The maximum atomic E-state index is 6.21. The monoisotopic (exact) mass is 324 g/mol. The Labute approximate surface area is 142 Å².